The average molecular weight is 436 g/mol. The van der Waals surface area contributed by atoms with Crippen molar-refractivity contribution in [3.05, 3.63) is 45.1 Å². The predicted molar refractivity (Wildman–Crippen MR) is 114 cm³/mol. The van der Waals surface area contributed by atoms with E-state index in [-0.39, 0.29) is 5.91 Å². The first-order valence-corrected chi connectivity index (χ1v) is 10.3. The van der Waals surface area contributed by atoms with Crippen molar-refractivity contribution in [2.24, 2.45) is 0 Å². The van der Waals surface area contributed by atoms with Gasteiger partial charge in [0, 0.05) is 51.3 Å². The van der Waals surface area contributed by atoms with Crippen LogP contribution in [0, 0.1) is 0 Å². The third-order valence-corrected chi connectivity index (χ3v) is 5.94. The molecule has 0 atom stereocenters. The Hall–Kier alpha value is -2.09. The number of nitrogens with zero attached hydrogens (tertiary/aromatic N) is 5. The van der Waals surface area contributed by atoms with Gasteiger partial charge in [-0.3, -0.25) is 4.79 Å². The maximum Gasteiger partial charge on any atom is 0.254 e. The summed E-state index contributed by atoms with van der Waals surface area (Å²) in [7, 11) is 3.93. The lowest BCUT2D eigenvalue weighted by molar-refractivity contribution is 0.0733. The molecule has 7 nitrogen and oxygen atoms in total. The Morgan fingerprint density at radius 2 is 1.86 bits per heavy atom. The molecule has 1 aromatic carbocycles. The van der Waals surface area contributed by atoms with Gasteiger partial charge in [0.05, 0.1) is 35.5 Å². The zero-order valence-electron chi connectivity index (χ0n) is 16.5. The molecule has 2 aromatic rings. The number of hydrogen-bond donors (Lipinski definition) is 0. The van der Waals surface area contributed by atoms with Crippen LogP contribution in [0.5, 0.6) is 0 Å². The molecule has 0 aliphatic carbocycles. The quantitative estimate of drug-likeness (QED) is 0.738. The van der Waals surface area contributed by atoms with Crippen LogP contribution in [0.2, 0.25) is 10.0 Å². The first-order chi connectivity index (χ1) is 13.9. The van der Waals surface area contributed by atoms with Crippen LogP contribution in [-0.2, 0) is 17.7 Å². The normalized spacial score (nSPS) is 16.6. The highest BCUT2D eigenvalue weighted by molar-refractivity contribution is 6.42. The van der Waals surface area contributed by atoms with Crippen molar-refractivity contribution < 1.29 is 9.53 Å². The summed E-state index contributed by atoms with van der Waals surface area (Å²) in [5.74, 6) is 1.51. The number of fused-ring (bicyclic) bond motifs is 1. The molecule has 0 saturated carbocycles. The van der Waals surface area contributed by atoms with Gasteiger partial charge in [-0.25, -0.2) is 4.98 Å². The van der Waals surface area contributed by atoms with Crippen LogP contribution in [0.1, 0.15) is 21.6 Å². The van der Waals surface area contributed by atoms with E-state index in [1.807, 2.05) is 23.9 Å². The predicted octanol–water partition coefficient (Wildman–Crippen LogP) is 2.88. The summed E-state index contributed by atoms with van der Waals surface area (Å²) in [5.41, 5.74) is 2.52. The molecule has 1 aromatic heterocycles. The van der Waals surface area contributed by atoms with Gasteiger partial charge < -0.3 is 19.4 Å². The number of morpholine rings is 1. The molecule has 0 unspecified atom stereocenters. The number of aromatic nitrogens is 2. The minimum absolute atomic E-state index is 0.0730. The Balaban J connectivity index is 1.62. The number of halogens is 2. The second-order valence-corrected chi connectivity index (χ2v) is 8.19. The molecule has 1 saturated heterocycles. The smallest absolute Gasteiger partial charge is 0.254 e. The Kier molecular flexibility index (Phi) is 5.81. The van der Waals surface area contributed by atoms with Crippen LogP contribution in [0.4, 0.5) is 11.8 Å². The number of amides is 1. The number of carbonyl (C=O) groups is 1. The van der Waals surface area contributed by atoms with Gasteiger partial charge in [-0.15, -0.1) is 0 Å². The summed E-state index contributed by atoms with van der Waals surface area (Å²) >= 11 is 12.1. The van der Waals surface area contributed by atoms with E-state index in [4.69, 9.17) is 37.9 Å². The summed E-state index contributed by atoms with van der Waals surface area (Å²) in [6.45, 7) is 4.00. The molecule has 9 heteroatoms. The van der Waals surface area contributed by atoms with E-state index < -0.39 is 0 Å². The van der Waals surface area contributed by atoms with Crippen LogP contribution in [0.15, 0.2) is 18.2 Å². The van der Waals surface area contributed by atoms with Crippen LogP contribution in [0.25, 0.3) is 0 Å². The van der Waals surface area contributed by atoms with Crippen LogP contribution < -0.4 is 9.80 Å². The molecular weight excluding hydrogens is 413 g/mol. The largest absolute Gasteiger partial charge is 0.378 e. The van der Waals surface area contributed by atoms with Crippen molar-refractivity contribution in [2.45, 2.75) is 13.0 Å². The number of carbonyl (C=O) groups excluding carboxylic acids is 1. The van der Waals surface area contributed by atoms with Crippen LogP contribution >= 0.6 is 23.2 Å². The number of hydrogen-bond acceptors (Lipinski definition) is 6. The van der Waals surface area contributed by atoms with Gasteiger partial charge in [-0.2, -0.15) is 4.98 Å². The zero-order chi connectivity index (χ0) is 20.5. The topological polar surface area (TPSA) is 61.8 Å². The van der Waals surface area contributed by atoms with Gasteiger partial charge in [-0.1, -0.05) is 23.2 Å². The van der Waals surface area contributed by atoms with E-state index >= 15 is 0 Å². The molecule has 1 amide bonds. The Bertz CT molecular complexity index is 931. The molecule has 0 spiro atoms. The highest BCUT2D eigenvalue weighted by Crippen LogP contribution is 2.30. The van der Waals surface area contributed by atoms with Crippen molar-refractivity contribution >= 4 is 40.9 Å². The molecule has 0 radical (unpaired) electrons. The molecule has 1 fully saturated rings. The molecule has 3 heterocycles. The lowest BCUT2D eigenvalue weighted by atomic mass is 10.0. The second kappa shape index (κ2) is 8.34. The lowest BCUT2D eigenvalue weighted by Crippen LogP contribution is -2.40. The lowest BCUT2D eigenvalue weighted by Gasteiger charge is -2.33. The molecule has 0 bridgehead atoms. The number of ether oxygens (including phenoxy) is 1. The highest BCUT2D eigenvalue weighted by atomic mass is 35.5. The maximum atomic E-state index is 13.0. The molecule has 0 N–H and O–H groups in total. The maximum absolute atomic E-state index is 13.0. The highest BCUT2D eigenvalue weighted by Gasteiger charge is 2.28. The number of anilines is 2. The monoisotopic (exact) mass is 435 g/mol. The summed E-state index contributed by atoms with van der Waals surface area (Å²) < 4.78 is 5.44. The summed E-state index contributed by atoms with van der Waals surface area (Å²) in [6.07, 6.45) is 0.684. The van der Waals surface area contributed by atoms with Crippen LogP contribution in [-0.4, -0.2) is 67.7 Å². The van der Waals surface area contributed by atoms with Gasteiger partial charge in [0.25, 0.3) is 5.91 Å². The Labute approximate surface area is 180 Å². The number of benzene rings is 1. The first-order valence-electron chi connectivity index (χ1n) is 9.58. The molecule has 154 valence electrons. The van der Waals surface area contributed by atoms with E-state index in [1.165, 1.54) is 0 Å². The van der Waals surface area contributed by atoms with Crippen molar-refractivity contribution in [3.8, 4) is 0 Å². The first kappa shape index (κ1) is 20.2. The average Bonchev–Trinajstić information content (AvgIpc) is 2.74. The number of rotatable bonds is 3. The molecular formula is C20H23Cl2N5O2. The van der Waals surface area contributed by atoms with Gasteiger partial charge >= 0.3 is 0 Å². The van der Waals surface area contributed by atoms with E-state index in [9.17, 15) is 4.79 Å². The summed E-state index contributed by atoms with van der Waals surface area (Å²) in [5, 5.41) is 0.813. The van der Waals surface area contributed by atoms with Gasteiger partial charge in [-0.05, 0) is 18.2 Å². The Morgan fingerprint density at radius 1 is 1.10 bits per heavy atom. The minimum Gasteiger partial charge on any atom is -0.378 e. The molecule has 29 heavy (non-hydrogen) atoms. The van der Waals surface area contributed by atoms with Crippen LogP contribution in [0.3, 0.4) is 0 Å². The van der Waals surface area contributed by atoms with Gasteiger partial charge in [0.15, 0.2) is 0 Å². The minimum atomic E-state index is -0.0730. The summed E-state index contributed by atoms with van der Waals surface area (Å²) in [4.78, 5) is 28.6. The van der Waals surface area contributed by atoms with Gasteiger partial charge in [0.2, 0.25) is 5.95 Å². The van der Waals surface area contributed by atoms with E-state index in [1.54, 1.807) is 18.2 Å². The van der Waals surface area contributed by atoms with E-state index in [2.05, 4.69) is 4.90 Å². The van der Waals surface area contributed by atoms with E-state index in [0.29, 0.717) is 48.3 Å². The zero-order valence-corrected chi connectivity index (χ0v) is 18.0. The van der Waals surface area contributed by atoms with Gasteiger partial charge in [0.1, 0.15) is 5.82 Å². The fourth-order valence-electron chi connectivity index (χ4n) is 3.64. The fourth-order valence-corrected chi connectivity index (χ4v) is 3.94. The van der Waals surface area contributed by atoms with E-state index in [0.717, 1.165) is 36.1 Å². The third kappa shape index (κ3) is 4.13. The second-order valence-electron chi connectivity index (χ2n) is 7.37. The SMILES string of the molecule is CN(C)c1nc(N2CCOCC2)nc2c1CN(C(=O)c1ccc(Cl)c(Cl)c1)CC2. The summed E-state index contributed by atoms with van der Waals surface area (Å²) in [6, 6.07) is 4.97. The standard InChI is InChI=1S/C20H23Cl2N5O2/c1-25(2)18-14-12-27(19(28)13-3-4-15(21)16(22)11-13)6-5-17(14)23-20(24-18)26-7-9-29-10-8-26/h3-4,11H,5-10,12H2,1-2H3. The third-order valence-electron chi connectivity index (χ3n) is 5.20. The molecule has 2 aliphatic rings. The Morgan fingerprint density at radius 3 is 2.55 bits per heavy atom. The molecule has 2 aliphatic heterocycles. The van der Waals surface area contributed by atoms with Crippen molar-refractivity contribution in [1.82, 2.24) is 14.9 Å². The van der Waals surface area contributed by atoms with Crippen molar-refractivity contribution in [1.29, 1.82) is 0 Å². The van der Waals surface area contributed by atoms with Crippen molar-refractivity contribution in [2.75, 3.05) is 56.7 Å². The molecule has 4 rings (SSSR count). The fraction of sp³-hybridized carbons (Fsp3) is 0.450. The van der Waals surface area contributed by atoms with Crippen molar-refractivity contribution in [3.63, 3.8) is 0 Å².